The largest absolute Gasteiger partial charge is 0.369 e. The number of aryl methyl sites for hydroxylation is 1. The highest BCUT2D eigenvalue weighted by Crippen LogP contribution is 2.08. The van der Waals surface area contributed by atoms with Gasteiger partial charge in [-0.15, -0.1) is 0 Å². The number of nitrogens with two attached hydrogens (primary N) is 1. The highest BCUT2D eigenvalue weighted by Gasteiger charge is 2.03. The molecule has 5 nitrogen and oxygen atoms in total. The van der Waals surface area contributed by atoms with Crippen molar-refractivity contribution in [2.45, 2.75) is 13.5 Å². The van der Waals surface area contributed by atoms with Gasteiger partial charge in [-0.1, -0.05) is 0 Å². The van der Waals surface area contributed by atoms with E-state index in [0.717, 1.165) is 11.4 Å². The molecular formula is C9H11N5. The van der Waals surface area contributed by atoms with E-state index in [1.165, 1.54) is 6.33 Å². The van der Waals surface area contributed by atoms with Crippen LogP contribution in [0.5, 0.6) is 0 Å². The van der Waals surface area contributed by atoms with Gasteiger partial charge in [0, 0.05) is 11.9 Å². The van der Waals surface area contributed by atoms with Gasteiger partial charge in [-0.25, -0.2) is 15.0 Å². The fourth-order valence-corrected chi connectivity index (χ4v) is 1.26. The number of nitrogen functional groups attached to an aromatic ring is 1. The summed E-state index contributed by atoms with van der Waals surface area (Å²) in [7, 11) is 0. The predicted octanol–water partition coefficient (Wildman–Crippen LogP) is 0.612. The summed E-state index contributed by atoms with van der Waals surface area (Å²) >= 11 is 0. The summed E-state index contributed by atoms with van der Waals surface area (Å²) in [4.78, 5) is 12.0. The lowest BCUT2D eigenvalue weighted by Crippen LogP contribution is -2.07. The third-order valence-corrected chi connectivity index (χ3v) is 2.05. The molecule has 5 heteroatoms. The summed E-state index contributed by atoms with van der Waals surface area (Å²) in [6.07, 6.45) is 4.99. The molecule has 0 amide bonds. The van der Waals surface area contributed by atoms with E-state index in [0.29, 0.717) is 12.5 Å². The van der Waals surface area contributed by atoms with E-state index in [1.807, 2.05) is 17.6 Å². The van der Waals surface area contributed by atoms with Crippen molar-refractivity contribution in [1.82, 2.24) is 19.5 Å². The number of hydrogen-bond acceptors (Lipinski definition) is 4. The van der Waals surface area contributed by atoms with Gasteiger partial charge in [-0.3, -0.25) is 0 Å². The Labute approximate surface area is 81.6 Å². The Hall–Kier alpha value is -1.91. The molecule has 0 bridgehead atoms. The maximum Gasteiger partial charge on any atom is 0.200 e. The molecule has 0 atom stereocenters. The van der Waals surface area contributed by atoms with Gasteiger partial charge in [0.05, 0.1) is 18.4 Å². The molecule has 2 aromatic rings. The normalized spacial score (nSPS) is 10.4. The Morgan fingerprint density at radius 1 is 1.43 bits per heavy atom. The van der Waals surface area contributed by atoms with Crippen molar-refractivity contribution in [3.8, 4) is 0 Å². The van der Waals surface area contributed by atoms with Crippen LogP contribution in [0.2, 0.25) is 0 Å². The smallest absolute Gasteiger partial charge is 0.200 e. The number of nitrogens with zero attached hydrogens (tertiary/aromatic N) is 4. The Kier molecular flexibility index (Phi) is 2.14. The predicted molar refractivity (Wildman–Crippen MR) is 52.5 cm³/mol. The molecule has 0 radical (unpaired) electrons. The first-order valence-electron chi connectivity index (χ1n) is 4.30. The molecule has 0 saturated heterocycles. The molecule has 72 valence electrons. The highest BCUT2D eigenvalue weighted by molar-refractivity contribution is 5.23. The average Bonchev–Trinajstić information content (AvgIpc) is 2.51. The Morgan fingerprint density at radius 3 is 2.86 bits per heavy atom. The molecular weight excluding hydrogens is 178 g/mol. The number of aromatic nitrogens is 4. The number of anilines is 1. The first kappa shape index (κ1) is 8.68. The van der Waals surface area contributed by atoms with Gasteiger partial charge in [0.15, 0.2) is 0 Å². The van der Waals surface area contributed by atoms with Crippen molar-refractivity contribution < 1.29 is 0 Å². The second-order valence-electron chi connectivity index (χ2n) is 3.04. The van der Waals surface area contributed by atoms with E-state index in [2.05, 4.69) is 15.0 Å². The molecule has 0 saturated carbocycles. The van der Waals surface area contributed by atoms with E-state index in [9.17, 15) is 0 Å². The quantitative estimate of drug-likeness (QED) is 0.751. The SMILES string of the molecule is Cc1cnc(N)n1Cc1ccncn1. The summed E-state index contributed by atoms with van der Waals surface area (Å²) in [6.45, 7) is 2.60. The lowest BCUT2D eigenvalue weighted by Gasteiger charge is -2.05. The standard InChI is InChI=1S/C9H11N5/c1-7-4-12-9(10)14(7)5-8-2-3-11-6-13-8/h2-4,6H,5H2,1H3,(H2,10,12). The third-order valence-electron chi connectivity index (χ3n) is 2.05. The van der Waals surface area contributed by atoms with Crippen molar-refractivity contribution >= 4 is 5.95 Å². The Bertz CT molecular complexity index is 401. The van der Waals surface area contributed by atoms with Crippen LogP contribution in [0.1, 0.15) is 11.4 Å². The van der Waals surface area contributed by atoms with Crippen molar-refractivity contribution in [1.29, 1.82) is 0 Å². The summed E-state index contributed by atoms with van der Waals surface area (Å²) in [6, 6.07) is 1.86. The molecule has 2 heterocycles. The maximum absolute atomic E-state index is 5.70. The Morgan fingerprint density at radius 2 is 2.29 bits per heavy atom. The van der Waals surface area contributed by atoms with Crippen LogP contribution in [-0.2, 0) is 6.54 Å². The van der Waals surface area contributed by atoms with Crippen LogP contribution < -0.4 is 5.73 Å². The van der Waals surface area contributed by atoms with E-state index in [1.54, 1.807) is 12.4 Å². The summed E-state index contributed by atoms with van der Waals surface area (Å²) in [5.41, 5.74) is 7.65. The maximum atomic E-state index is 5.70. The molecule has 0 aliphatic rings. The molecule has 0 unspecified atom stereocenters. The van der Waals surface area contributed by atoms with Gasteiger partial charge < -0.3 is 10.3 Å². The molecule has 0 aromatic carbocycles. The van der Waals surface area contributed by atoms with Crippen LogP contribution >= 0.6 is 0 Å². The molecule has 2 N–H and O–H groups in total. The van der Waals surface area contributed by atoms with Gasteiger partial charge in [0.1, 0.15) is 6.33 Å². The topological polar surface area (TPSA) is 69.6 Å². The highest BCUT2D eigenvalue weighted by atomic mass is 15.2. The van der Waals surface area contributed by atoms with E-state index in [-0.39, 0.29) is 0 Å². The molecule has 0 fully saturated rings. The number of hydrogen-bond donors (Lipinski definition) is 1. The minimum absolute atomic E-state index is 0.515. The van der Waals surface area contributed by atoms with Gasteiger partial charge >= 0.3 is 0 Å². The van der Waals surface area contributed by atoms with Crippen molar-refractivity contribution in [2.24, 2.45) is 0 Å². The van der Waals surface area contributed by atoms with Gasteiger partial charge in [0.25, 0.3) is 0 Å². The fourth-order valence-electron chi connectivity index (χ4n) is 1.26. The van der Waals surface area contributed by atoms with Gasteiger partial charge in [-0.05, 0) is 13.0 Å². The van der Waals surface area contributed by atoms with Crippen LogP contribution in [0.15, 0.2) is 24.8 Å². The second kappa shape index (κ2) is 3.45. The van der Waals surface area contributed by atoms with Crippen LogP contribution in [0.4, 0.5) is 5.95 Å². The summed E-state index contributed by atoms with van der Waals surface area (Å²) in [5, 5.41) is 0. The van der Waals surface area contributed by atoms with Crippen molar-refractivity contribution in [3.05, 3.63) is 36.2 Å². The first-order chi connectivity index (χ1) is 6.77. The van der Waals surface area contributed by atoms with E-state index < -0.39 is 0 Å². The monoisotopic (exact) mass is 189 g/mol. The zero-order valence-electron chi connectivity index (χ0n) is 7.88. The van der Waals surface area contributed by atoms with Crippen LogP contribution in [0.25, 0.3) is 0 Å². The Balaban J connectivity index is 2.27. The fraction of sp³-hybridized carbons (Fsp3) is 0.222. The summed E-state index contributed by atoms with van der Waals surface area (Å²) in [5.74, 6) is 0.515. The van der Waals surface area contributed by atoms with Gasteiger partial charge in [0.2, 0.25) is 5.95 Å². The van der Waals surface area contributed by atoms with Crippen molar-refractivity contribution in [3.63, 3.8) is 0 Å². The lowest BCUT2D eigenvalue weighted by molar-refractivity contribution is 0.757. The van der Waals surface area contributed by atoms with Crippen LogP contribution in [0, 0.1) is 6.92 Å². The molecule has 0 spiro atoms. The average molecular weight is 189 g/mol. The number of imidazole rings is 1. The van der Waals surface area contributed by atoms with E-state index >= 15 is 0 Å². The molecule has 2 rings (SSSR count). The minimum atomic E-state index is 0.515. The van der Waals surface area contributed by atoms with Crippen LogP contribution in [0.3, 0.4) is 0 Å². The zero-order chi connectivity index (χ0) is 9.97. The second-order valence-corrected chi connectivity index (χ2v) is 3.04. The third kappa shape index (κ3) is 1.56. The molecule has 2 aromatic heterocycles. The molecule has 0 aliphatic carbocycles. The summed E-state index contributed by atoms with van der Waals surface area (Å²) < 4.78 is 1.91. The minimum Gasteiger partial charge on any atom is -0.369 e. The van der Waals surface area contributed by atoms with E-state index in [4.69, 9.17) is 5.73 Å². The number of rotatable bonds is 2. The molecule has 0 aliphatic heterocycles. The first-order valence-corrected chi connectivity index (χ1v) is 4.30. The van der Waals surface area contributed by atoms with Crippen molar-refractivity contribution in [2.75, 3.05) is 5.73 Å². The van der Waals surface area contributed by atoms with Crippen LogP contribution in [-0.4, -0.2) is 19.5 Å². The van der Waals surface area contributed by atoms with Gasteiger partial charge in [-0.2, -0.15) is 0 Å². The zero-order valence-corrected chi connectivity index (χ0v) is 7.88. The lowest BCUT2D eigenvalue weighted by atomic mass is 10.4. The molecule has 14 heavy (non-hydrogen) atoms.